The molecule has 4 aliphatic rings. The van der Waals surface area contributed by atoms with E-state index in [2.05, 4.69) is 10.6 Å². The zero-order valence-corrected chi connectivity index (χ0v) is 19.0. The Morgan fingerprint density at radius 1 is 1.14 bits per heavy atom. The number of benzene rings is 2. The lowest BCUT2D eigenvalue weighted by atomic mass is 9.76. The van der Waals surface area contributed by atoms with Crippen LogP contribution < -0.4 is 20.1 Å². The number of halogens is 1. The summed E-state index contributed by atoms with van der Waals surface area (Å²) in [5, 5.41) is 15.5. The zero-order chi connectivity index (χ0) is 24.5. The zero-order valence-electron chi connectivity index (χ0n) is 18.2. The number of carboxylic acids is 1. The van der Waals surface area contributed by atoms with Crippen molar-refractivity contribution in [1.29, 1.82) is 0 Å². The van der Waals surface area contributed by atoms with Crippen molar-refractivity contribution in [3.05, 3.63) is 52.5 Å². The van der Waals surface area contributed by atoms with Crippen molar-refractivity contribution in [3.8, 4) is 11.5 Å². The van der Waals surface area contributed by atoms with E-state index in [-0.39, 0.29) is 26.2 Å². The molecule has 180 valence electrons. The van der Waals surface area contributed by atoms with Crippen LogP contribution in [0.1, 0.15) is 24.0 Å². The molecule has 6 rings (SSSR count). The summed E-state index contributed by atoms with van der Waals surface area (Å²) in [5.41, 5.74) is 0.0109. The number of anilines is 1. The average Bonchev–Trinajstić information content (AvgIpc) is 3.55. The molecular formula is C24H20ClN3O7. The van der Waals surface area contributed by atoms with E-state index in [1.165, 1.54) is 0 Å². The van der Waals surface area contributed by atoms with Crippen LogP contribution in [-0.4, -0.2) is 46.5 Å². The fraction of sp³-hybridized carbons (Fsp3) is 0.333. The third-order valence-corrected chi connectivity index (χ3v) is 7.55. The molecule has 2 aromatic carbocycles. The fourth-order valence-corrected chi connectivity index (χ4v) is 5.98. The van der Waals surface area contributed by atoms with Gasteiger partial charge >= 0.3 is 5.97 Å². The maximum Gasteiger partial charge on any atom is 0.303 e. The molecule has 0 saturated carbocycles. The molecule has 4 heterocycles. The molecule has 1 spiro atoms. The van der Waals surface area contributed by atoms with Gasteiger partial charge in [-0.2, -0.15) is 0 Å². The van der Waals surface area contributed by atoms with Crippen LogP contribution in [0.3, 0.4) is 0 Å². The predicted molar refractivity (Wildman–Crippen MR) is 121 cm³/mol. The molecule has 0 bridgehead atoms. The van der Waals surface area contributed by atoms with Gasteiger partial charge in [-0.25, -0.2) is 0 Å². The lowest BCUT2D eigenvalue weighted by Crippen LogP contribution is -2.53. The van der Waals surface area contributed by atoms with Gasteiger partial charge in [0.15, 0.2) is 11.5 Å². The van der Waals surface area contributed by atoms with Crippen LogP contribution in [0.2, 0.25) is 5.02 Å². The highest BCUT2D eigenvalue weighted by Gasteiger charge is 2.70. The quantitative estimate of drug-likeness (QED) is 0.533. The molecule has 2 fully saturated rings. The van der Waals surface area contributed by atoms with Crippen LogP contribution in [0.25, 0.3) is 0 Å². The number of carbonyl (C=O) groups excluding carboxylic acids is 3. The topological polar surface area (TPSA) is 134 Å². The molecule has 4 atom stereocenters. The van der Waals surface area contributed by atoms with Crippen molar-refractivity contribution < 1.29 is 33.8 Å². The number of rotatable bonds is 5. The largest absolute Gasteiger partial charge is 0.481 e. The average molecular weight is 498 g/mol. The van der Waals surface area contributed by atoms with Gasteiger partial charge in [0.1, 0.15) is 5.54 Å². The number of hydrogen-bond acceptors (Lipinski definition) is 7. The van der Waals surface area contributed by atoms with E-state index in [1.54, 1.807) is 36.4 Å². The number of nitrogens with one attached hydrogen (secondary N) is 2. The Kier molecular flexibility index (Phi) is 4.81. The Morgan fingerprint density at radius 2 is 1.94 bits per heavy atom. The molecule has 35 heavy (non-hydrogen) atoms. The van der Waals surface area contributed by atoms with Crippen molar-refractivity contribution in [3.63, 3.8) is 0 Å². The number of carboxylic acid groups (broad SMARTS) is 1. The van der Waals surface area contributed by atoms with Crippen molar-refractivity contribution >= 4 is 41.0 Å². The van der Waals surface area contributed by atoms with Gasteiger partial charge in [-0.1, -0.05) is 29.8 Å². The highest BCUT2D eigenvalue weighted by Crippen LogP contribution is 2.54. The van der Waals surface area contributed by atoms with Gasteiger partial charge in [0.05, 0.1) is 29.1 Å². The number of aliphatic carboxylic acids is 1. The molecule has 11 heteroatoms. The number of nitrogens with zero attached hydrogens (tertiary/aromatic N) is 1. The smallest absolute Gasteiger partial charge is 0.303 e. The Labute approximate surface area is 204 Å². The lowest BCUT2D eigenvalue weighted by molar-refractivity contribution is -0.144. The molecule has 0 radical (unpaired) electrons. The van der Waals surface area contributed by atoms with Crippen LogP contribution >= 0.6 is 11.6 Å². The van der Waals surface area contributed by atoms with Crippen LogP contribution in [0.4, 0.5) is 5.69 Å². The highest BCUT2D eigenvalue weighted by atomic mass is 35.5. The maximum atomic E-state index is 13.8. The molecule has 0 aliphatic carbocycles. The summed E-state index contributed by atoms with van der Waals surface area (Å²) in [4.78, 5) is 53.3. The number of hydrogen-bond donors (Lipinski definition) is 3. The van der Waals surface area contributed by atoms with Crippen LogP contribution in [0.15, 0.2) is 36.4 Å². The minimum Gasteiger partial charge on any atom is -0.481 e. The molecule has 4 aliphatic heterocycles. The first-order valence-corrected chi connectivity index (χ1v) is 11.5. The Bertz CT molecular complexity index is 1310. The highest BCUT2D eigenvalue weighted by molar-refractivity contribution is 6.35. The summed E-state index contributed by atoms with van der Waals surface area (Å²) in [6.45, 7) is 0.0914. The number of likely N-dealkylation sites (tertiary alicyclic amines) is 1. The van der Waals surface area contributed by atoms with E-state index in [0.29, 0.717) is 33.3 Å². The van der Waals surface area contributed by atoms with Crippen molar-refractivity contribution in [2.75, 3.05) is 12.1 Å². The monoisotopic (exact) mass is 497 g/mol. The lowest BCUT2D eigenvalue weighted by Gasteiger charge is -2.29. The Balaban J connectivity index is 1.40. The molecule has 2 aromatic rings. The first-order chi connectivity index (χ1) is 16.8. The number of para-hydroxylation sites is 1. The summed E-state index contributed by atoms with van der Waals surface area (Å²) >= 11 is 6.32. The summed E-state index contributed by atoms with van der Waals surface area (Å²) in [6, 6.07) is 9.48. The number of ether oxygens (including phenoxy) is 2. The van der Waals surface area contributed by atoms with E-state index in [0.717, 1.165) is 4.90 Å². The van der Waals surface area contributed by atoms with E-state index in [1.807, 2.05) is 0 Å². The SMILES string of the molecule is O=C(O)CC[C@H]1N[C@]2(C(=O)Nc3c(Cl)cccc32)[C@@H]2C(=O)N(Cc3ccc4c(c3)OCO4)C(=O)[C@@H]21. The molecule has 0 unspecified atom stereocenters. The van der Waals surface area contributed by atoms with E-state index >= 15 is 0 Å². The first-order valence-electron chi connectivity index (χ1n) is 11.1. The summed E-state index contributed by atoms with van der Waals surface area (Å²) < 4.78 is 10.7. The first kappa shape index (κ1) is 21.9. The number of imide groups is 1. The minimum atomic E-state index is -1.52. The van der Waals surface area contributed by atoms with Crippen molar-refractivity contribution in [1.82, 2.24) is 10.2 Å². The van der Waals surface area contributed by atoms with Crippen LogP contribution in [0.5, 0.6) is 11.5 Å². The summed E-state index contributed by atoms with van der Waals surface area (Å²) in [6.07, 6.45) is -0.136. The number of amides is 3. The van der Waals surface area contributed by atoms with Gasteiger partial charge < -0.3 is 19.9 Å². The Hall–Kier alpha value is -3.63. The van der Waals surface area contributed by atoms with Crippen molar-refractivity contribution in [2.24, 2.45) is 11.8 Å². The van der Waals surface area contributed by atoms with Crippen LogP contribution in [-0.2, 0) is 31.3 Å². The van der Waals surface area contributed by atoms with Crippen molar-refractivity contribution in [2.45, 2.75) is 31.0 Å². The van der Waals surface area contributed by atoms with Gasteiger partial charge in [-0.3, -0.25) is 29.4 Å². The third-order valence-electron chi connectivity index (χ3n) is 7.24. The maximum absolute atomic E-state index is 13.8. The second-order valence-corrected chi connectivity index (χ2v) is 9.47. The normalized spacial score (nSPS) is 28.0. The second kappa shape index (κ2) is 7.69. The fourth-order valence-electron chi connectivity index (χ4n) is 5.76. The van der Waals surface area contributed by atoms with E-state index < -0.39 is 47.1 Å². The third kappa shape index (κ3) is 3.06. The molecule has 2 saturated heterocycles. The predicted octanol–water partition coefficient (Wildman–Crippen LogP) is 1.85. The minimum absolute atomic E-state index is 0.00689. The molecule has 3 N–H and O–H groups in total. The molecule has 10 nitrogen and oxygen atoms in total. The summed E-state index contributed by atoms with van der Waals surface area (Å²) in [7, 11) is 0. The molecule has 0 aromatic heterocycles. The van der Waals surface area contributed by atoms with Gasteiger partial charge in [-0.05, 0) is 30.2 Å². The van der Waals surface area contributed by atoms with Gasteiger partial charge in [0, 0.05) is 18.0 Å². The van der Waals surface area contributed by atoms with E-state index in [4.69, 9.17) is 21.1 Å². The van der Waals surface area contributed by atoms with Gasteiger partial charge in [-0.15, -0.1) is 0 Å². The molecular weight excluding hydrogens is 478 g/mol. The van der Waals surface area contributed by atoms with Gasteiger partial charge in [0.2, 0.25) is 24.5 Å². The number of fused-ring (bicyclic) bond motifs is 5. The van der Waals surface area contributed by atoms with E-state index in [9.17, 15) is 24.3 Å². The van der Waals surface area contributed by atoms with Crippen LogP contribution in [0, 0.1) is 11.8 Å². The standard InChI is InChI=1S/C24H20ClN3O7/c25-13-3-1-2-12-20(13)26-23(33)24(12)19-18(14(27-24)5-7-17(29)30)21(31)28(22(19)32)9-11-4-6-15-16(8-11)35-10-34-15/h1-4,6,8,14,18-19,27H,5,7,9-10H2,(H,26,33)(H,29,30)/t14-,18-,19+,24+/m1/s1. The van der Waals surface area contributed by atoms with Gasteiger partial charge in [0.25, 0.3) is 0 Å². The second-order valence-electron chi connectivity index (χ2n) is 9.06. The summed E-state index contributed by atoms with van der Waals surface area (Å²) in [5.74, 6) is -3.28. The molecule has 3 amide bonds. The Morgan fingerprint density at radius 3 is 2.74 bits per heavy atom. The number of carbonyl (C=O) groups is 4.